The van der Waals surface area contributed by atoms with Crippen molar-refractivity contribution >= 4 is 21.0 Å². The fraction of sp³-hybridized carbons (Fsp3) is 0.125. The summed E-state index contributed by atoms with van der Waals surface area (Å²) >= 11 is 0. The maximum Gasteiger partial charge on any atom is 0.534 e. The van der Waals surface area contributed by atoms with Crippen LogP contribution in [0.2, 0.25) is 0 Å². The van der Waals surface area contributed by atoms with E-state index in [0.29, 0.717) is 10.9 Å². The molecule has 136 valence electrons. The van der Waals surface area contributed by atoms with E-state index in [-0.39, 0.29) is 17.0 Å². The standard InChI is InChI=1S/C16H11F3N2O4S/c1-24-15-13-11(7-8-20-15)9-12(10-5-3-2-4-6-10)14(21-13)25-26(22,23)16(17,18)19/h2-9H,1H3. The number of hydrogen-bond acceptors (Lipinski definition) is 6. The van der Waals surface area contributed by atoms with Crippen molar-refractivity contribution in [2.45, 2.75) is 5.51 Å². The fourth-order valence-corrected chi connectivity index (χ4v) is 2.67. The monoisotopic (exact) mass is 384 g/mol. The molecule has 3 rings (SSSR count). The number of nitrogens with zero attached hydrogens (tertiary/aromatic N) is 2. The van der Waals surface area contributed by atoms with Gasteiger partial charge >= 0.3 is 15.6 Å². The van der Waals surface area contributed by atoms with Crippen molar-refractivity contribution in [2.24, 2.45) is 0 Å². The molecule has 0 amide bonds. The number of benzene rings is 1. The number of aromatic nitrogens is 2. The summed E-state index contributed by atoms with van der Waals surface area (Å²) in [5.41, 5.74) is -5.00. The molecule has 10 heteroatoms. The molecule has 0 bridgehead atoms. The van der Waals surface area contributed by atoms with E-state index in [0.717, 1.165) is 0 Å². The van der Waals surface area contributed by atoms with Crippen molar-refractivity contribution in [3.63, 3.8) is 0 Å². The molecule has 0 N–H and O–H groups in total. The first-order valence-electron chi connectivity index (χ1n) is 7.13. The lowest BCUT2D eigenvalue weighted by Gasteiger charge is -2.14. The van der Waals surface area contributed by atoms with E-state index in [1.54, 1.807) is 36.4 Å². The summed E-state index contributed by atoms with van der Waals surface area (Å²) in [5.74, 6) is -0.691. The number of hydrogen-bond donors (Lipinski definition) is 0. The molecular formula is C16H11F3N2O4S. The molecule has 0 radical (unpaired) electrons. The van der Waals surface area contributed by atoms with Crippen LogP contribution < -0.4 is 8.92 Å². The normalized spacial score (nSPS) is 12.2. The quantitative estimate of drug-likeness (QED) is 0.506. The maximum atomic E-state index is 12.7. The van der Waals surface area contributed by atoms with Crippen LogP contribution in [0.5, 0.6) is 11.8 Å². The first-order chi connectivity index (χ1) is 12.2. The van der Waals surface area contributed by atoms with Gasteiger partial charge in [0.1, 0.15) is 5.52 Å². The Labute approximate surface area is 146 Å². The molecule has 0 aliphatic heterocycles. The van der Waals surface area contributed by atoms with Gasteiger partial charge in [0, 0.05) is 17.1 Å². The van der Waals surface area contributed by atoms with Crippen LogP contribution >= 0.6 is 0 Å². The molecule has 0 aliphatic rings. The number of ether oxygens (including phenoxy) is 1. The molecule has 6 nitrogen and oxygen atoms in total. The molecule has 0 fully saturated rings. The summed E-state index contributed by atoms with van der Waals surface area (Å²) in [5, 5.41) is 0.493. The Morgan fingerprint density at radius 2 is 1.73 bits per heavy atom. The highest BCUT2D eigenvalue weighted by Gasteiger charge is 2.49. The highest BCUT2D eigenvalue weighted by Crippen LogP contribution is 2.36. The lowest BCUT2D eigenvalue weighted by Crippen LogP contribution is -2.28. The summed E-state index contributed by atoms with van der Waals surface area (Å²) in [4.78, 5) is 7.83. The summed E-state index contributed by atoms with van der Waals surface area (Å²) in [6, 6.07) is 11.2. The number of alkyl halides is 3. The zero-order valence-corrected chi connectivity index (χ0v) is 14.0. The van der Waals surface area contributed by atoms with Crippen LogP contribution in [0.3, 0.4) is 0 Å². The predicted octanol–water partition coefficient (Wildman–Crippen LogP) is 3.53. The minimum atomic E-state index is -5.89. The number of fused-ring (bicyclic) bond motifs is 1. The Balaban J connectivity index is 2.27. The average Bonchev–Trinajstić information content (AvgIpc) is 2.60. The van der Waals surface area contributed by atoms with Crippen molar-refractivity contribution in [3.05, 3.63) is 48.7 Å². The summed E-state index contributed by atoms with van der Waals surface area (Å²) < 4.78 is 70.5. The molecule has 0 atom stereocenters. The van der Waals surface area contributed by atoms with Crippen LogP contribution in [-0.4, -0.2) is 31.0 Å². The zero-order chi connectivity index (χ0) is 18.9. The lowest BCUT2D eigenvalue weighted by atomic mass is 10.1. The van der Waals surface area contributed by atoms with E-state index in [1.165, 1.54) is 19.4 Å². The van der Waals surface area contributed by atoms with Crippen LogP contribution in [0.15, 0.2) is 48.7 Å². The molecule has 0 aliphatic carbocycles. The summed E-state index contributed by atoms with van der Waals surface area (Å²) in [7, 11) is -4.59. The van der Waals surface area contributed by atoms with Gasteiger partial charge in [0.05, 0.1) is 7.11 Å². The SMILES string of the molecule is COc1nccc2cc(-c3ccccc3)c(OS(=O)(=O)C(F)(F)F)nc12. The van der Waals surface area contributed by atoms with E-state index >= 15 is 0 Å². The number of pyridine rings is 2. The van der Waals surface area contributed by atoms with Gasteiger partial charge in [-0.15, -0.1) is 0 Å². The zero-order valence-electron chi connectivity index (χ0n) is 13.2. The minimum absolute atomic E-state index is 0.0244. The van der Waals surface area contributed by atoms with Gasteiger partial charge in [-0.1, -0.05) is 30.3 Å². The summed E-state index contributed by atoms with van der Waals surface area (Å²) in [6.07, 6.45) is 1.44. The van der Waals surface area contributed by atoms with Crippen LogP contribution in [0.1, 0.15) is 0 Å². The Hall–Kier alpha value is -2.88. The fourth-order valence-electron chi connectivity index (χ4n) is 2.25. The topological polar surface area (TPSA) is 78.4 Å². The van der Waals surface area contributed by atoms with Gasteiger partial charge in [-0.05, 0) is 17.7 Å². The van der Waals surface area contributed by atoms with E-state index < -0.39 is 21.5 Å². The molecule has 2 heterocycles. The average molecular weight is 384 g/mol. The van der Waals surface area contributed by atoms with Crippen molar-refractivity contribution in [1.29, 1.82) is 0 Å². The highest BCUT2D eigenvalue weighted by molar-refractivity contribution is 7.88. The lowest BCUT2D eigenvalue weighted by molar-refractivity contribution is -0.0501. The first kappa shape index (κ1) is 17.9. The van der Waals surface area contributed by atoms with Gasteiger partial charge in [0.15, 0.2) is 0 Å². The molecule has 0 unspecified atom stereocenters. The van der Waals surface area contributed by atoms with Gasteiger partial charge in [-0.2, -0.15) is 21.6 Å². The molecule has 2 aromatic heterocycles. The van der Waals surface area contributed by atoms with Crippen molar-refractivity contribution < 1.29 is 30.5 Å². The van der Waals surface area contributed by atoms with Crippen LogP contribution in [-0.2, 0) is 10.1 Å². The van der Waals surface area contributed by atoms with Gasteiger partial charge in [-0.3, -0.25) is 0 Å². The van der Waals surface area contributed by atoms with Crippen molar-refractivity contribution in [3.8, 4) is 22.9 Å². The second-order valence-corrected chi connectivity index (χ2v) is 6.62. The largest absolute Gasteiger partial charge is 0.534 e. The van der Waals surface area contributed by atoms with Crippen LogP contribution in [0, 0.1) is 0 Å². The Kier molecular flexibility index (Phi) is 4.45. The summed E-state index contributed by atoms with van der Waals surface area (Å²) in [6.45, 7) is 0. The third-order valence-corrected chi connectivity index (χ3v) is 4.36. The first-order valence-corrected chi connectivity index (χ1v) is 8.53. The Morgan fingerprint density at radius 3 is 2.35 bits per heavy atom. The van der Waals surface area contributed by atoms with Gasteiger partial charge in [-0.25, -0.2) is 9.97 Å². The number of halogens is 3. The van der Waals surface area contributed by atoms with E-state index in [1.807, 2.05) is 0 Å². The van der Waals surface area contributed by atoms with Crippen molar-refractivity contribution in [2.75, 3.05) is 7.11 Å². The maximum absolute atomic E-state index is 12.7. The third kappa shape index (κ3) is 3.27. The number of rotatable bonds is 4. The third-order valence-electron chi connectivity index (χ3n) is 3.42. The van der Waals surface area contributed by atoms with E-state index in [9.17, 15) is 21.6 Å². The molecular weight excluding hydrogens is 373 g/mol. The molecule has 26 heavy (non-hydrogen) atoms. The molecule has 1 aromatic carbocycles. The molecule has 3 aromatic rings. The second-order valence-electron chi connectivity index (χ2n) is 5.08. The number of methoxy groups -OCH3 is 1. The van der Waals surface area contributed by atoms with E-state index in [2.05, 4.69) is 14.2 Å². The Bertz CT molecular complexity index is 1050. The minimum Gasteiger partial charge on any atom is -0.479 e. The Morgan fingerprint density at radius 1 is 1.04 bits per heavy atom. The highest BCUT2D eigenvalue weighted by atomic mass is 32.2. The molecule has 0 spiro atoms. The van der Waals surface area contributed by atoms with Gasteiger partial charge in [0.25, 0.3) is 0 Å². The van der Waals surface area contributed by atoms with Gasteiger partial charge < -0.3 is 8.92 Å². The molecule has 0 saturated heterocycles. The van der Waals surface area contributed by atoms with Gasteiger partial charge in [0.2, 0.25) is 11.8 Å². The van der Waals surface area contributed by atoms with Crippen LogP contribution in [0.4, 0.5) is 13.2 Å². The van der Waals surface area contributed by atoms with E-state index in [4.69, 9.17) is 4.74 Å². The predicted molar refractivity (Wildman–Crippen MR) is 87.1 cm³/mol. The molecule has 0 saturated carbocycles. The van der Waals surface area contributed by atoms with Crippen LogP contribution in [0.25, 0.3) is 22.0 Å². The second kappa shape index (κ2) is 6.45. The van der Waals surface area contributed by atoms with Crippen molar-refractivity contribution in [1.82, 2.24) is 9.97 Å². The smallest absolute Gasteiger partial charge is 0.479 e.